The quantitative estimate of drug-likeness (QED) is 0.425. The van der Waals surface area contributed by atoms with Crippen molar-refractivity contribution in [1.82, 2.24) is 30.2 Å². The number of nitrogens with one attached hydrogen (secondary N) is 2. The molecule has 0 aliphatic carbocycles. The van der Waals surface area contributed by atoms with E-state index in [1.54, 1.807) is 35.4 Å². The third kappa shape index (κ3) is 4.80. The van der Waals surface area contributed by atoms with Gasteiger partial charge in [-0.05, 0) is 37.6 Å². The van der Waals surface area contributed by atoms with Gasteiger partial charge in [0.2, 0.25) is 5.95 Å². The molecule has 2 amide bonds. The maximum atomic E-state index is 13.6. The van der Waals surface area contributed by atoms with Crippen LogP contribution in [-0.2, 0) is 0 Å². The summed E-state index contributed by atoms with van der Waals surface area (Å²) in [6, 6.07) is 9.85. The van der Waals surface area contributed by atoms with Crippen molar-refractivity contribution in [3.05, 3.63) is 76.4 Å². The number of carbonyl (C=O) groups excluding carboxylic acids is 2. The van der Waals surface area contributed by atoms with Gasteiger partial charge in [-0.1, -0.05) is 18.2 Å². The molecule has 5 rings (SSSR count). The standard InChI is InChI=1S/C24H22FN7O2S/c1-13(16-8-17(25)10-26-9-16)27-24-30-19(20-21(31-24)28-14(2)35-20)23(34)32-11-18(12-32)29-22(33)15-6-4-3-5-7-15/h3-10,13,18H,11-12H2,1-2H3,(H,29,33)(H,27,30,31). The first-order valence-electron chi connectivity index (χ1n) is 11.0. The predicted octanol–water partition coefficient (Wildman–Crippen LogP) is 3.36. The molecule has 4 aromatic rings. The van der Waals surface area contributed by atoms with Crippen LogP contribution >= 0.6 is 11.3 Å². The number of halogens is 1. The number of hydrogen-bond donors (Lipinski definition) is 2. The number of carbonyl (C=O) groups is 2. The van der Waals surface area contributed by atoms with Crippen LogP contribution in [0.4, 0.5) is 10.3 Å². The van der Waals surface area contributed by atoms with Crippen LogP contribution in [0.1, 0.15) is 44.4 Å². The minimum Gasteiger partial charge on any atom is -0.348 e. The molecule has 1 aromatic carbocycles. The zero-order valence-corrected chi connectivity index (χ0v) is 19.8. The number of nitrogens with zero attached hydrogens (tertiary/aromatic N) is 5. The van der Waals surface area contributed by atoms with Crippen LogP contribution in [0.15, 0.2) is 48.8 Å². The normalized spacial score (nSPS) is 14.4. The second kappa shape index (κ2) is 9.34. The fourth-order valence-corrected chi connectivity index (χ4v) is 4.66. The first kappa shape index (κ1) is 22.8. The fourth-order valence-electron chi connectivity index (χ4n) is 3.82. The molecular weight excluding hydrogens is 469 g/mol. The molecule has 2 N–H and O–H groups in total. The Kier molecular flexibility index (Phi) is 6.08. The van der Waals surface area contributed by atoms with Gasteiger partial charge in [-0.15, -0.1) is 11.3 Å². The molecule has 0 spiro atoms. The highest BCUT2D eigenvalue weighted by Crippen LogP contribution is 2.28. The SMILES string of the molecule is Cc1nc2nc(NC(C)c3cncc(F)c3)nc(C(=O)N3CC(NC(=O)c4ccccc4)C3)c2s1. The molecule has 11 heteroatoms. The van der Waals surface area contributed by atoms with E-state index in [-0.39, 0.29) is 35.5 Å². The lowest BCUT2D eigenvalue weighted by molar-refractivity contribution is 0.0539. The van der Waals surface area contributed by atoms with Crippen molar-refractivity contribution in [3.63, 3.8) is 0 Å². The van der Waals surface area contributed by atoms with Crippen LogP contribution in [0, 0.1) is 12.7 Å². The van der Waals surface area contributed by atoms with Crippen LogP contribution in [0.25, 0.3) is 10.3 Å². The van der Waals surface area contributed by atoms with E-state index in [0.29, 0.717) is 34.6 Å². The number of likely N-dealkylation sites (tertiary alicyclic amines) is 1. The van der Waals surface area contributed by atoms with Crippen molar-refractivity contribution in [3.8, 4) is 0 Å². The van der Waals surface area contributed by atoms with Crippen molar-refractivity contribution in [2.45, 2.75) is 25.9 Å². The number of thiazole rings is 1. The maximum absolute atomic E-state index is 13.6. The van der Waals surface area contributed by atoms with E-state index in [0.717, 1.165) is 11.2 Å². The minimum absolute atomic E-state index is 0.134. The molecule has 1 unspecified atom stereocenters. The summed E-state index contributed by atoms with van der Waals surface area (Å²) in [5.74, 6) is -0.644. The Labute approximate surface area is 204 Å². The summed E-state index contributed by atoms with van der Waals surface area (Å²) in [4.78, 5) is 44.6. The third-order valence-electron chi connectivity index (χ3n) is 5.67. The Morgan fingerprint density at radius 3 is 2.66 bits per heavy atom. The highest BCUT2D eigenvalue weighted by atomic mass is 32.1. The Bertz CT molecular complexity index is 1410. The summed E-state index contributed by atoms with van der Waals surface area (Å²) in [6.45, 7) is 4.43. The number of amides is 2. The number of aromatic nitrogens is 4. The smallest absolute Gasteiger partial charge is 0.274 e. The molecule has 1 fully saturated rings. The number of aryl methyl sites for hydroxylation is 1. The van der Waals surface area contributed by atoms with E-state index in [1.165, 1.54) is 17.4 Å². The minimum atomic E-state index is -0.440. The number of rotatable bonds is 6. The summed E-state index contributed by atoms with van der Waals surface area (Å²) in [5.41, 5.74) is 1.87. The molecule has 0 bridgehead atoms. The third-order valence-corrected chi connectivity index (χ3v) is 6.64. The number of hydrogen-bond acceptors (Lipinski definition) is 8. The fraction of sp³-hybridized carbons (Fsp3) is 0.250. The van der Waals surface area contributed by atoms with Crippen molar-refractivity contribution in [1.29, 1.82) is 0 Å². The van der Waals surface area contributed by atoms with Gasteiger partial charge < -0.3 is 15.5 Å². The molecule has 178 valence electrons. The van der Waals surface area contributed by atoms with E-state index >= 15 is 0 Å². The van der Waals surface area contributed by atoms with Gasteiger partial charge in [0.25, 0.3) is 11.8 Å². The molecule has 0 radical (unpaired) electrons. The number of anilines is 1. The lowest BCUT2D eigenvalue weighted by atomic mass is 10.1. The molecular formula is C24H22FN7O2S. The van der Waals surface area contributed by atoms with Gasteiger partial charge in [0.1, 0.15) is 10.5 Å². The van der Waals surface area contributed by atoms with E-state index in [9.17, 15) is 14.0 Å². The molecule has 4 heterocycles. The van der Waals surface area contributed by atoms with Crippen molar-refractivity contribution < 1.29 is 14.0 Å². The number of fused-ring (bicyclic) bond motifs is 1. The molecule has 1 atom stereocenters. The second-order valence-electron chi connectivity index (χ2n) is 8.33. The Morgan fingerprint density at radius 1 is 1.14 bits per heavy atom. The molecule has 1 saturated heterocycles. The average molecular weight is 492 g/mol. The summed E-state index contributed by atoms with van der Waals surface area (Å²) in [7, 11) is 0. The zero-order chi connectivity index (χ0) is 24.5. The Balaban J connectivity index is 1.32. The zero-order valence-electron chi connectivity index (χ0n) is 19.0. The number of pyridine rings is 1. The summed E-state index contributed by atoms with van der Waals surface area (Å²) in [6.07, 6.45) is 2.69. The molecule has 35 heavy (non-hydrogen) atoms. The lowest BCUT2D eigenvalue weighted by Crippen LogP contribution is -2.61. The highest BCUT2D eigenvalue weighted by molar-refractivity contribution is 7.18. The van der Waals surface area contributed by atoms with Crippen LogP contribution in [0.3, 0.4) is 0 Å². The first-order valence-corrected chi connectivity index (χ1v) is 11.9. The summed E-state index contributed by atoms with van der Waals surface area (Å²) in [5, 5.41) is 6.83. The van der Waals surface area contributed by atoms with E-state index in [4.69, 9.17) is 0 Å². The molecule has 1 aliphatic heterocycles. The van der Waals surface area contributed by atoms with E-state index < -0.39 is 5.82 Å². The summed E-state index contributed by atoms with van der Waals surface area (Å²) >= 11 is 1.35. The first-order chi connectivity index (χ1) is 16.9. The molecule has 0 saturated carbocycles. The van der Waals surface area contributed by atoms with Gasteiger partial charge in [0.15, 0.2) is 11.3 Å². The molecule has 9 nitrogen and oxygen atoms in total. The van der Waals surface area contributed by atoms with Crippen molar-refractivity contribution >= 4 is 39.4 Å². The predicted molar refractivity (Wildman–Crippen MR) is 130 cm³/mol. The Morgan fingerprint density at radius 2 is 1.91 bits per heavy atom. The monoisotopic (exact) mass is 491 g/mol. The van der Waals surface area contributed by atoms with Crippen LogP contribution in [-0.4, -0.2) is 55.8 Å². The molecule has 3 aromatic heterocycles. The van der Waals surface area contributed by atoms with Gasteiger partial charge in [-0.25, -0.2) is 14.4 Å². The Hall–Kier alpha value is -3.99. The second-order valence-corrected chi connectivity index (χ2v) is 9.53. The van der Waals surface area contributed by atoms with E-state index in [2.05, 4.69) is 30.6 Å². The van der Waals surface area contributed by atoms with Gasteiger partial charge in [-0.2, -0.15) is 4.98 Å². The lowest BCUT2D eigenvalue weighted by Gasteiger charge is -2.39. The summed E-state index contributed by atoms with van der Waals surface area (Å²) < 4.78 is 14.2. The van der Waals surface area contributed by atoms with Gasteiger partial charge in [0.05, 0.1) is 23.3 Å². The van der Waals surface area contributed by atoms with Crippen LogP contribution in [0.5, 0.6) is 0 Å². The van der Waals surface area contributed by atoms with Crippen molar-refractivity contribution in [2.24, 2.45) is 0 Å². The topological polar surface area (TPSA) is 113 Å². The average Bonchev–Trinajstić information content (AvgIpc) is 3.20. The maximum Gasteiger partial charge on any atom is 0.274 e. The van der Waals surface area contributed by atoms with Crippen LogP contribution < -0.4 is 10.6 Å². The van der Waals surface area contributed by atoms with Gasteiger partial charge >= 0.3 is 0 Å². The van der Waals surface area contributed by atoms with Crippen LogP contribution in [0.2, 0.25) is 0 Å². The van der Waals surface area contributed by atoms with Gasteiger partial charge in [-0.3, -0.25) is 14.6 Å². The number of benzene rings is 1. The largest absolute Gasteiger partial charge is 0.348 e. The van der Waals surface area contributed by atoms with Crippen molar-refractivity contribution in [2.75, 3.05) is 18.4 Å². The van der Waals surface area contributed by atoms with Gasteiger partial charge in [0, 0.05) is 24.8 Å². The highest BCUT2D eigenvalue weighted by Gasteiger charge is 2.34. The van der Waals surface area contributed by atoms with E-state index in [1.807, 2.05) is 19.9 Å². The molecule has 1 aliphatic rings.